The zero-order valence-corrected chi connectivity index (χ0v) is 14.7. The first kappa shape index (κ1) is 19.6. The van der Waals surface area contributed by atoms with Gasteiger partial charge in [-0.2, -0.15) is 0 Å². The molecule has 0 aliphatic carbocycles. The highest BCUT2D eigenvalue weighted by Crippen LogP contribution is 2.24. The Hall–Kier alpha value is -1.46. The molecule has 130 valence electrons. The molecule has 0 bridgehead atoms. The van der Waals surface area contributed by atoms with Gasteiger partial charge in [0.1, 0.15) is 11.5 Å². The molecule has 1 aromatic rings. The number of rotatable bonds is 7. The Kier molecular flexibility index (Phi) is 8.81. The molecular weight excluding hydrogens is 316 g/mol. The third kappa shape index (κ3) is 6.28. The van der Waals surface area contributed by atoms with E-state index >= 15 is 0 Å². The number of benzene rings is 1. The summed E-state index contributed by atoms with van der Waals surface area (Å²) < 4.78 is 10.5. The molecular formula is C17H27ClN2O3. The highest BCUT2D eigenvalue weighted by atomic mass is 35.5. The van der Waals surface area contributed by atoms with Crippen molar-refractivity contribution < 1.29 is 14.3 Å². The Labute approximate surface area is 144 Å². The van der Waals surface area contributed by atoms with Gasteiger partial charge in [0.2, 0.25) is 5.91 Å². The molecule has 1 heterocycles. The van der Waals surface area contributed by atoms with Gasteiger partial charge < -0.3 is 20.1 Å². The van der Waals surface area contributed by atoms with Crippen molar-refractivity contribution in [2.75, 3.05) is 33.9 Å². The van der Waals surface area contributed by atoms with Crippen molar-refractivity contribution in [2.24, 2.45) is 5.92 Å². The van der Waals surface area contributed by atoms with Gasteiger partial charge in [0.15, 0.2) is 0 Å². The van der Waals surface area contributed by atoms with Crippen LogP contribution in [0.5, 0.6) is 11.5 Å². The standard InChI is InChI=1S/C17H26N2O3.ClH/c1-21-15-5-6-16(22-2)14(10-15)11-17(20)19-9-7-13-4-3-8-18-12-13;/h5-6,10,13,18H,3-4,7-9,11-12H2,1-2H3,(H,19,20);1H. The Balaban J connectivity index is 0.00000264. The summed E-state index contributed by atoms with van der Waals surface area (Å²) in [6.07, 6.45) is 3.84. The second-order valence-electron chi connectivity index (χ2n) is 5.71. The van der Waals surface area contributed by atoms with Gasteiger partial charge in [0.05, 0.1) is 20.6 Å². The van der Waals surface area contributed by atoms with E-state index in [9.17, 15) is 4.79 Å². The zero-order chi connectivity index (χ0) is 15.8. The average molecular weight is 343 g/mol. The minimum absolute atomic E-state index is 0. The Morgan fingerprint density at radius 3 is 2.83 bits per heavy atom. The summed E-state index contributed by atoms with van der Waals surface area (Å²) in [4.78, 5) is 12.1. The molecule has 6 heteroatoms. The lowest BCUT2D eigenvalue weighted by Crippen LogP contribution is -2.33. The first-order chi connectivity index (χ1) is 10.7. The van der Waals surface area contributed by atoms with Gasteiger partial charge in [-0.15, -0.1) is 12.4 Å². The number of hydrogen-bond acceptors (Lipinski definition) is 4. The molecule has 1 aliphatic heterocycles. The normalized spacial score (nSPS) is 17.0. The second-order valence-corrected chi connectivity index (χ2v) is 5.71. The molecule has 1 saturated heterocycles. The highest BCUT2D eigenvalue weighted by molar-refractivity contribution is 5.85. The largest absolute Gasteiger partial charge is 0.497 e. The molecule has 1 aromatic carbocycles. The molecule has 0 saturated carbocycles. The molecule has 1 aliphatic rings. The topological polar surface area (TPSA) is 59.6 Å². The molecule has 0 radical (unpaired) electrons. The van der Waals surface area contributed by atoms with E-state index in [1.807, 2.05) is 18.2 Å². The number of methoxy groups -OCH3 is 2. The summed E-state index contributed by atoms with van der Waals surface area (Å²) >= 11 is 0. The van der Waals surface area contributed by atoms with Gasteiger partial charge in [-0.1, -0.05) is 0 Å². The van der Waals surface area contributed by atoms with E-state index in [4.69, 9.17) is 9.47 Å². The van der Waals surface area contributed by atoms with Crippen molar-refractivity contribution in [3.05, 3.63) is 23.8 Å². The second kappa shape index (κ2) is 10.3. The maximum absolute atomic E-state index is 12.1. The summed E-state index contributed by atoms with van der Waals surface area (Å²) in [6, 6.07) is 5.51. The monoisotopic (exact) mass is 342 g/mol. The molecule has 2 N–H and O–H groups in total. The lowest BCUT2D eigenvalue weighted by molar-refractivity contribution is -0.120. The third-order valence-electron chi connectivity index (χ3n) is 4.11. The predicted molar refractivity (Wildman–Crippen MR) is 93.7 cm³/mol. The first-order valence-electron chi connectivity index (χ1n) is 7.91. The minimum atomic E-state index is 0. The van der Waals surface area contributed by atoms with Crippen molar-refractivity contribution in [3.63, 3.8) is 0 Å². The van der Waals surface area contributed by atoms with E-state index in [-0.39, 0.29) is 18.3 Å². The molecule has 0 spiro atoms. The van der Waals surface area contributed by atoms with Crippen molar-refractivity contribution >= 4 is 18.3 Å². The number of nitrogens with one attached hydrogen (secondary N) is 2. The first-order valence-corrected chi connectivity index (χ1v) is 7.91. The van der Waals surface area contributed by atoms with Crippen LogP contribution in [-0.2, 0) is 11.2 Å². The maximum atomic E-state index is 12.1. The van der Waals surface area contributed by atoms with Crippen LogP contribution in [-0.4, -0.2) is 39.8 Å². The van der Waals surface area contributed by atoms with Gasteiger partial charge in [-0.05, 0) is 56.5 Å². The van der Waals surface area contributed by atoms with Crippen LogP contribution >= 0.6 is 12.4 Å². The molecule has 1 amide bonds. The van der Waals surface area contributed by atoms with Crippen LogP contribution < -0.4 is 20.1 Å². The molecule has 1 fully saturated rings. The fourth-order valence-electron chi connectivity index (χ4n) is 2.84. The number of carbonyl (C=O) groups excluding carboxylic acids is 1. The van der Waals surface area contributed by atoms with Crippen LogP contribution in [0.3, 0.4) is 0 Å². The Bertz CT molecular complexity index is 491. The van der Waals surface area contributed by atoms with E-state index in [1.165, 1.54) is 12.8 Å². The summed E-state index contributed by atoms with van der Waals surface area (Å²) in [5.41, 5.74) is 0.846. The molecule has 5 nitrogen and oxygen atoms in total. The van der Waals surface area contributed by atoms with Gasteiger partial charge >= 0.3 is 0 Å². The smallest absolute Gasteiger partial charge is 0.224 e. The Morgan fingerprint density at radius 2 is 2.17 bits per heavy atom. The van der Waals surface area contributed by atoms with Crippen molar-refractivity contribution in [2.45, 2.75) is 25.7 Å². The van der Waals surface area contributed by atoms with Gasteiger partial charge in [-0.3, -0.25) is 4.79 Å². The zero-order valence-electron chi connectivity index (χ0n) is 13.9. The predicted octanol–water partition coefficient (Wildman–Crippen LogP) is 2.17. The van der Waals surface area contributed by atoms with E-state index < -0.39 is 0 Å². The summed E-state index contributed by atoms with van der Waals surface area (Å²) in [7, 11) is 3.23. The van der Waals surface area contributed by atoms with Crippen molar-refractivity contribution in [3.8, 4) is 11.5 Å². The lowest BCUT2D eigenvalue weighted by Gasteiger charge is -2.22. The van der Waals surface area contributed by atoms with Crippen LogP contribution in [0, 0.1) is 5.92 Å². The Morgan fingerprint density at radius 1 is 1.35 bits per heavy atom. The van der Waals surface area contributed by atoms with E-state index in [1.54, 1.807) is 14.2 Å². The number of carbonyl (C=O) groups is 1. The van der Waals surface area contributed by atoms with E-state index in [0.717, 1.165) is 37.4 Å². The molecule has 2 rings (SSSR count). The lowest BCUT2D eigenvalue weighted by atomic mass is 9.96. The van der Waals surface area contributed by atoms with E-state index in [2.05, 4.69) is 10.6 Å². The summed E-state index contributed by atoms with van der Waals surface area (Å²) in [5.74, 6) is 2.15. The third-order valence-corrected chi connectivity index (χ3v) is 4.11. The van der Waals surface area contributed by atoms with Crippen LogP contribution in [0.15, 0.2) is 18.2 Å². The SMILES string of the molecule is COc1ccc(OC)c(CC(=O)NCCC2CCCNC2)c1.Cl. The number of hydrogen-bond donors (Lipinski definition) is 2. The molecule has 1 unspecified atom stereocenters. The average Bonchev–Trinajstić information content (AvgIpc) is 2.55. The van der Waals surface area contributed by atoms with Gasteiger partial charge in [-0.25, -0.2) is 0 Å². The number of ether oxygens (including phenoxy) is 2. The highest BCUT2D eigenvalue weighted by Gasteiger charge is 2.14. The van der Waals surface area contributed by atoms with Crippen molar-refractivity contribution in [1.82, 2.24) is 10.6 Å². The maximum Gasteiger partial charge on any atom is 0.224 e. The van der Waals surface area contributed by atoms with Gasteiger partial charge in [0, 0.05) is 12.1 Å². The van der Waals surface area contributed by atoms with Gasteiger partial charge in [0.25, 0.3) is 0 Å². The minimum Gasteiger partial charge on any atom is -0.497 e. The number of amides is 1. The fourth-order valence-corrected chi connectivity index (χ4v) is 2.84. The summed E-state index contributed by atoms with van der Waals surface area (Å²) in [5, 5.41) is 6.40. The summed E-state index contributed by atoms with van der Waals surface area (Å²) in [6.45, 7) is 2.93. The molecule has 0 aromatic heterocycles. The fraction of sp³-hybridized carbons (Fsp3) is 0.588. The quantitative estimate of drug-likeness (QED) is 0.797. The van der Waals surface area contributed by atoms with Crippen LogP contribution in [0.4, 0.5) is 0 Å². The van der Waals surface area contributed by atoms with E-state index in [0.29, 0.717) is 18.1 Å². The number of piperidine rings is 1. The van der Waals surface area contributed by atoms with Crippen LogP contribution in [0.2, 0.25) is 0 Å². The molecule has 1 atom stereocenters. The van der Waals surface area contributed by atoms with Crippen molar-refractivity contribution in [1.29, 1.82) is 0 Å². The number of halogens is 1. The van der Waals surface area contributed by atoms with Crippen LogP contribution in [0.25, 0.3) is 0 Å². The van der Waals surface area contributed by atoms with Crippen LogP contribution in [0.1, 0.15) is 24.8 Å². The molecule has 23 heavy (non-hydrogen) atoms.